The van der Waals surface area contributed by atoms with Crippen molar-refractivity contribution in [3.63, 3.8) is 0 Å². The van der Waals surface area contributed by atoms with Crippen LogP contribution >= 0.6 is 15.9 Å². The standard InChI is InChI=1S/C10H10BrNO3/c1-14-7-3-5-6(4-12-10(5)13)8(11)9(7)15-2/h3H,4H2,1-2H3,(H,12,13). The van der Waals surface area contributed by atoms with Gasteiger partial charge in [-0.05, 0) is 22.0 Å². The van der Waals surface area contributed by atoms with Crippen LogP contribution in [0.25, 0.3) is 0 Å². The van der Waals surface area contributed by atoms with Crippen LogP contribution in [0.15, 0.2) is 10.5 Å². The summed E-state index contributed by atoms with van der Waals surface area (Å²) in [5.41, 5.74) is 1.55. The van der Waals surface area contributed by atoms with Crippen molar-refractivity contribution in [3.05, 3.63) is 21.7 Å². The predicted octanol–water partition coefficient (Wildman–Crippen LogP) is 1.71. The number of hydrogen-bond donors (Lipinski definition) is 1. The quantitative estimate of drug-likeness (QED) is 0.891. The van der Waals surface area contributed by atoms with Gasteiger partial charge < -0.3 is 14.8 Å². The van der Waals surface area contributed by atoms with Crippen LogP contribution in [0.5, 0.6) is 11.5 Å². The molecule has 4 nitrogen and oxygen atoms in total. The first-order chi connectivity index (χ1) is 7.19. The second-order valence-electron chi connectivity index (χ2n) is 3.13. The van der Waals surface area contributed by atoms with Crippen molar-refractivity contribution in [2.24, 2.45) is 0 Å². The van der Waals surface area contributed by atoms with Crippen molar-refractivity contribution in [1.29, 1.82) is 0 Å². The van der Waals surface area contributed by atoms with E-state index in [-0.39, 0.29) is 5.91 Å². The number of amides is 1. The number of fused-ring (bicyclic) bond motifs is 1. The first kappa shape index (κ1) is 10.3. The summed E-state index contributed by atoms with van der Waals surface area (Å²) in [6, 6.07) is 1.70. The maximum absolute atomic E-state index is 11.5. The molecule has 0 aromatic heterocycles. The summed E-state index contributed by atoms with van der Waals surface area (Å²) in [5, 5.41) is 2.75. The van der Waals surface area contributed by atoms with Crippen molar-refractivity contribution in [1.82, 2.24) is 5.32 Å². The lowest BCUT2D eigenvalue weighted by Gasteiger charge is -2.11. The van der Waals surface area contributed by atoms with Gasteiger partial charge in [-0.1, -0.05) is 0 Å². The van der Waals surface area contributed by atoms with Crippen LogP contribution in [0.4, 0.5) is 0 Å². The van der Waals surface area contributed by atoms with Gasteiger partial charge in [0.25, 0.3) is 5.91 Å². The molecule has 1 N–H and O–H groups in total. The maximum Gasteiger partial charge on any atom is 0.252 e. The van der Waals surface area contributed by atoms with E-state index in [9.17, 15) is 4.79 Å². The van der Waals surface area contributed by atoms with Gasteiger partial charge in [0.15, 0.2) is 11.5 Å². The molecule has 0 saturated heterocycles. The molecule has 15 heavy (non-hydrogen) atoms. The minimum atomic E-state index is -0.0772. The lowest BCUT2D eigenvalue weighted by Crippen LogP contribution is -2.12. The minimum absolute atomic E-state index is 0.0772. The topological polar surface area (TPSA) is 47.6 Å². The Morgan fingerprint density at radius 1 is 1.40 bits per heavy atom. The Morgan fingerprint density at radius 3 is 2.73 bits per heavy atom. The molecule has 2 rings (SSSR count). The molecular weight excluding hydrogens is 262 g/mol. The van der Waals surface area contributed by atoms with E-state index in [4.69, 9.17) is 9.47 Å². The number of nitrogens with one attached hydrogen (secondary N) is 1. The van der Waals surface area contributed by atoms with E-state index >= 15 is 0 Å². The Balaban J connectivity index is 2.67. The second kappa shape index (κ2) is 3.73. The molecule has 0 bridgehead atoms. The van der Waals surface area contributed by atoms with Gasteiger partial charge in [-0.15, -0.1) is 0 Å². The molecule has 5 heteroatoms. The van der Waals surface area contributed by atoms with Gasteiger partial charge in [0, 0.05) is 17.7 Å². The SMILES string of the molecule is COc1cc2c(c(Br)c1OC)CNC2=O. The number of carbonyl (C=O) groups is 1. The first-order valence-electron chi connectivity index (χ1n) is 4.40. The lowest BCUT2D eigenvalue weighted by atomic mass is 10.1. The average molecular weight is 272 g/mol. The van der Waals surface area contributed by atoms with Crippen molar-refractivity contribution < 1.29 is 14.3 Å². The molecule has 0 aliphatic carbocycles. The number of halogens is 1. The molecule has 0 radical (unpaired) electrons. The summed E-state index contributed by atoms with van der Waals surface area (Å²) < 4.78 is 11.1. The zero-order valence-electron chi connectivity index (χ0n) is 8.39. The highest BCUT2D eigenvalue weighted by Gasteiger charge is 2.26. The summed E-state index contributed by atoms with van der Waals surface area (Å²) in [5.74, 6) is 1.10. The normalized spacial score (nSPS) is 13.4. The van der Waals surface area contributed by atoms with Crippen LogP contribution < -0.4 is 14.8 Å². The molecule has 0 fully saturated rings. The van der Waals surface area contributed by atoms with Crippen LogP contribution in [0, 0.1) is 0 Å². The van der Waals surface area contributed by atoms with E-state index in [0.29, 0.717) is 23.6 Å². The van der Waals surface area contributed by atoms with Crippen LogP contribution in [-0.2, 0) is 6.54 Å². The monoisotopic (exact) mass is 271 g/mol. The zero-order chi connectivity index (χ0) is 11.0. The van der Waals surface area contributed by atoms with E-state index in [1.807, 2.05) is 0 Å². The van der Waals surface area contributed by atoms with E-state index in [1.165, 1.54) is 0 Å². The molecular formula is C10H10BrNO3. The van der Waals surface area contributed by atoms with Crippen LogP contribution in [-0.4, -0.2) is 20.1 Å². The second-order valence-corrected chi connectivity index (χ2v) is 3.93. The molecule has 1 aromatic carbocycles. The van der Waals surface area contributed by atoms with E-state index in [0.717, 1.165) is 10.0 Å². The Morgan fingerprint density at radius 2 is 2.13 bits per heavy atom. The highest BCUT2D eigenvalue weighted by Crippen LogP contribution is 2.41. The van der Waals surface area contributed by atoms with Crippen LogP contribution in [0.1, 0.15) is 15.9 Å². The number of rotatable bonds is 2. The van der Waals surface area contributed by atoms with Crippen molar-refractivity contribution in [2.45, 2.75) is 6.54 Å². The molecule has 0 atom stereocenters. The number of benzene rings is 1. The smallest absolute Gasteiger partial charge is 0.252 e. The third-order valence-corrected chi connectivity index (χ3v) is 3.22. The van der Waals surface area contributed by atoms with Gasteiger partial charge in [-0.2, -0.15) is 0 Å². The van der Waals surface area contributed by atoms with Gasteiger partial charge in [0.1, 0.15) is 0 Å². The molecule has 1 aliphatic heterocycles. The number of ether oxygens (including phenoxy) is 2. The summed E-state index contributed by atoms with van der Waals surface area (Å²) in [6.07, 6.45) is 0. The highest BCUT2D eigenvalue weighted by molar-refractivity contribution is 9.10. The lowest BCUT2D eigenvalue weighted by molar-refractivity contribution is 0.0965. The third-order valence-electron chi connectivity index (χ3n) is 2.38. The van der Waals surface area contributed by atoms with Gasteiger partial charge >= 0.3 is 0 Å². The molecule has 80 valence electrons. The van der Waals surface area contributed by atoms with Crippen molar-refractivity contribution >= 4 is 21.8 Å². The molecule has 0 spiro atoms. The van der Waals surface area contributed by atoms with E-state index < -0.39 is 0 Å². The van der Waals surface area contributed by atoms with E-state index in [1.54, 1.807) is 20.3 Å². The maximum atomic E-state index is 11.5. The first-order valence-corrected chi connectivity index (χ1v) is 5.20. The number of hydrogen-bond acceptors (Lipinski definition) is 3. The largest absolute Gasteiger partial charge is 0.493 e. The van der Waals surface area contributed by atoms with E-state index in [2.05, 4.69) is 21.2 Å². The summed E-state index contributed by atoms with van der Waals surface area (Å²) in [7, 11) is 3.11. The Kier molecular flexibility index (Phi) is 2.56. The molecule has 0 unspecified atom stereocenters. The Labute approximate surface area is 95.7 Å². The van der Waals surface area contributed by atoms with Crippen LogP contribution in [0.2, 0.25) is 0 Å². The highest BCUT2D eigenvalue weighted by atomic mass is 79.9. The van der Waals surface area contributed by atoms with Gasteiger partial charge in [0.2, 0.25) is 0 Å². The summed E-state index contributed by atoms with van der Waals surface area (Å²) >= 11 is 3.41. The molecule has 1 aromatic rings. The van der Waals surface area contributed by atoms with Crippen LogP contribution in [0.3, 0.4) is 0 Å². The Bertz CT molecular complexity index is 431. The Hall–Kier alpha value is -1.23. The predicted molar refractivity (Wildman–Crippen MR) is 58.4 cm³/mol. The van der Waals surface area contributed by atoms with Gasteiger partial charge in [0.05, 0.1) is 18.7 Å². The minimum Gasteiger partial charge on any atom is -0.493 e. The molecule has 1 amide bonds. The number of carbonyl (C=O) groups excluding carboxylic acids is 1. The zero-order valence-corrected chi connectivity index (χ0v) is 9.97. The fourth-order valence-corrected chi connectivity index (χ4v) is 2.34. The molecule has 0 saturated carbocycles. The van der Waals surface area contributed by atoms with Crippen molar-refractivity contribution in [3.8, 4) is 11.5 Å². The third kappa shape index (κ3) is 1.47. The fraction of sp³-hybridized carbons (Fsp3) is 0.300. The number of methoxy groups -OCH3 is 2. The summed E-state index contributed by atoms with van der Waals surface area (Å²) in [6.45, 7) is 0.523. The van der Waals surface area contributed by atoms with Gasteiger partial charge in [-0.25, -0.2) is 0 Å². The molecule has 1 heterocycles. The fourth-order valence-electron chi connectivity index (χ4n) is 1.63. The molecule has 1 aliphatic rings. The van der Waals surface area contributed by atoms with Crippen molar-refractivity contribution in [2.75, 3.05) is 14.2 Å². The average Bonchev–Trinajstić information content (AvgIpc) is 2.60. The van der Waals surface area contributed by atoms with Gasteiger partial charge in [-0.3, -0.25) is 4.79 Å². The summed E-state index contributed by atoms with van der Waals surface area (Å²) in [4.78, 5) is 11.5.